The van der Waals surface area contributed by atoms with Crippen LogP contribution in [0.15, 0.2) is 24.3 Å². The molecule has 1 aromatic carbocycles. The Hall–Kier alpha value is -0.930. The lowest BCUT2D eigenvalue weighted by atomic mass is 10.1. The number of nitrogens with one attached hydrogen (secondary N) is 1. The Morgan fingerprint density at radius 1 is 1.22 bits per heavy atom. The normalized spacial score (nSPS) is 12.9. The highest BCUT2D eigenvalue weighted by Gasteiger charge is 2.02. The zero-order valence-electron chi connectivity index (χ0n) is 11.7. The van der Waals surface area contributed by atoms with Crippen LogP contribution in [0.25, 0.3) is 0 Å². The highest BCUT2D eigenvalue weighted by atomic mass is 19.1. The van der Waals surface area contributed by atoms with Crippen LogP contribution in [0.3, 0.4) is 0 Å². The van der Waals surface area contributed by atoms with Crippen molar-refractivity contribution in [3.63, 3.8) is 0 Å². The molecule has 0 fully saturated rings. The molecule has 0 amide bonds. The second-order valence-corrected chi connectivity index (χ2v) is 5.05. The molecular formula is C15H25FN2. The van der Waals surface area contributed by atoms with Gasteiger partial charge in [0.2, 0.25) is 0 Å². The maximum Gasteiger partial charge on any atom is 0.123 e. The minimum absolute atomic E-state index is 0.164. The third-order valence-electron chi connectivity index (χ3n) is 3.29. The lowest BCUT2D eigenvalue weighted by molar-refractivity contribution is 0.314. The quantitative estimate of drug-likeness (QED) is 0.715. The smallest absolute Gasteiger partial charge is 0.123 e. The highest BCUT2D eigenvalue weighted by molar-refractivity contribution is 5.15. The van der Waals surface area contributed by atoms with Crippen molar-refractivity contribution in [2.24, 2.45) is 0 Å². The monoisotopic (exact) mass is 252 g/mol. The van der Waals surface area contributed by atoms with E-state index < -0.39 is 0 Å². The van der Waals surface area contributed by atoms with Gasteiger partial charge in [-0.3, -0.25) is 0 Å². The van der Waals surface area contributed by atoms with Crippen LogP contribution in [0.1, 0.15) is 31.7 Å². The molecule has 1 unspecified atom stereocenters. The number of unbranched alkanes of at least 4 members (excludes halogenated alkanes) is 1. The van der Waals surface area contributed by atoms with Gasteiger partial charge in [0.05, 0.1) is 0 Å². The minimum Gasteiger partial charge on any atom is -0.317 e. The summed E-state index contributed by atoms with van der Waals surface area (Å²) in [5, 5.41) is 3.25. The number of rotatable bonds is 8. The van der Waals surface area contributed by atoms with Crippen LogP contribution in [0, 0.1) is 5.82 Å². The number of hydrogen-bond acceptors (Lipinski definition) is 2. The molecule has 102 valence electrons. The number of halogens is 1. The molecule has 1 rings (SSSR count). The summed E-state index contributed by atoms with van der Waals surface area (Å²) in [5.41, 5.74) is 1.17. The van der Waals surface area contributed by atoms with Crippen LogP contribution in [-0.2, 0) is 6.54 Å². The van der Waals surface area contributed by atoms with Gasteiger partial charge in [0, 0.05) is 12.6 Å². The molecule has 2 nitrogen and oxygen atoms in total. The maximum absolute atomic E-state index is 12.8. The van der Waals surface area contributed by atoms with Gasteiger partial charge < -0.3 is 10.2 Å². The van der Waals surface area contributed by atoms with E-state index in [9.17, 15) is 4.39 Å². The first-order valence-corrected chi connectivity index (χ1v) is 6.72. The molecule has 0 saturated heterocycles. The van der Waals surface area contributed by atoms with Crippen LogP contribution in [-0.4, -0.2) is 31.6 Å². The molecule has 1 aromatic rings. The molecule has 0 aliphatic carbocycles. The fourth-order valence-corrected chi connectivity index (χ4v) is 1.96. The van der Waals surface area contributed by atoms with Crippen molar-refractivity contribution in [2.75, 3.05) is 20.6 Å². The van der Waals surface area contributed by atoms with Crippen molar-refractivity contribution >= 4 is 0 Å². The second-order valence-electron chi connectivity index (χ2n) is 5.05. The van der Waals surface area contributed by atoms with E-state index in [-0.39, 0.29) is 5.82 Å². The number of hydrogen-bond donors (Lipinski definition) is 1. The zero-order chi connectivity index (χ0) is 13.4. The van der Waals surface area contributed by atoms with Crippen LogP contribution >= 0.6 is 0 Å². The summed E-state index contributed by atoms with van der Waals surface area (Å²) in [6, 6.07) is 7.37. The standard InChI is InChI=1S/C15H25FN2/c1-13(17-2)6-4-5-11-18(3)12-14-7-9-15(16)10-8-14/h7-10,13,17H,4-6,11-12H2,1-3H3. The van der Waals surface area contributed by atoms with E-state index in [1.807, 2.05) is 19.2 Å². The van der Waals surface area contributed by atoms with Gasteiger partial charge in [0.15, 0.2) is 0 Å². The lowest BCUT2D eigenvalue weighted by Crippen LogP contribution is -2.22. The van der Waals surface area contributed by atoms with Gasteiger partial charge in [0.1, 0.15) is 5.82 Å². The number of nitrogens with zero attached hydrogens (tertiary/aromatic N) is 1. The molecule has 0 spiro atoms. The van der Waals surface area contributed by atoms with E-state index in [1.165, 1.54) is 37.0 Å². The van der Waals surface area contributed by atoms with Crippen molar-refractivity contribution in [3.8, 4) is 0 Å². The Kier molecular flexibility index (Phi) is 6.91. The predicted molar refractivity (Wildman–Crippen MR) is 75.1 cm³/mol. The van der Waals surface area contributed by atoms with Crippen molar-refractivity contribution in [2.45, 2.75) is 38.8 Å². The van der Waals surface area contributed by atoms with Gasteiger partial charge in [-0.25, -0.2) is 4.39 Å². The van der Waals surface area contributed by atoms with Gasteiger partial charge in [0.25, 0.3) is 0 Å². The third kappa shape index (κ3) is 6.12. The fourth-order valence-electron chi connectivity index (χ4n) is 1.96. The molecular weight excluding hydrogens is 227 g/mol. The van der Waals surface area contributed by atoms with E-state index in [4.69, 9.17) is 0 Å². The van der Waals surface area contributed by atoms with E-state index in [2.05, 4.69) is 24.2 Å². The maximum atomic E-state index is 12.8. The van der Waals surface area contributed by atoms with Crippen molar-refractivity contribution in [3.05, 3.63) is 35.6 Å². The van der Waals surface area contributed by atoms with Gasteiger partial charge >= 0.3 is 0 Å². The molecule has 1 atom stereocenters. The predicted octanol–water partition coefficient (Wildman–Crippen LogP) is 3.04. The molecule has 3 heteroatoms. The van der Waals surface area contributed by atoms with E-state index in [0.717, 1.165) is 13.1 Å². The Morgan fingerprint density at radius 2 is 1.89 bits per heavy atom. The fraction of sp³-hybridized carbons (Fsp3) is 0.600. The summed E-state index contributed by atoms with van der Waals surface area (Å²) in [4.78, 5) is 2.29. The molecule has 0 aliphatic heterocycles. The molecule has 0 saturated carbocycles. The molecule has 0 bridgehead atoms. The summed E-state index contributed by atoms with van der Waals surface area (Å²) >= 11 is 0. The SMILES string of the molecule is CNC(C)CCCCN(C)Cc1ccc(F)cc1. The molecule has 0 radical (unpaired) electrons. The molecule has 0 heterocycles. The van der Waals surface area contributed by atoms with Crippen LogP contribution in [0.4, 0.5) is 4.39 Å². The molecule has 0 aromatic heterocycles. The lowest BCUT2D eigenvalue weighted by Gasteiger charge is -2.17. The first-order valence-electron chi connectivity index (χ1n) is 6.72. The largest absolute Gasteiger partial charge is 0.317 e. The summed E-state index contributed by atoms with van der Waals surface area (Å²) in [6.45, 7) is 4.19. The Bertz CT molecular complexity index is 324. The van der Waals surface area contributed by atoms with Crippen molar-refractivity contribution in [1.29, 1.82) is 0 Å². The van der Waals surface area contributed by atoms with Crippen LogP contribution < -0.4 is 5.32 Å². The Balaban J connectivity index is 2.17. The number of benzene rings is 1. The van der Waals surface area contributed by atoms with Gasteiger partial charge in [-0.05, 0) is 58.1 Å². The molecule has 0 aliphatic rings. The topological polar surface area (TPSA) is 15.3 Å². The Morgan fingerprint density at radius 3 is 2.50 bits per heavy atom. The molecule has 18 heavy (non-hydrogen) atoms. The van der Waals surface area contributed by atoms with Crippen LogP contribution in [0.5, 0.6) is 0 Å². The van der Waals surface area contributed by atoms with Gasteiger partial charge in [-0.1, -0.05) is 18.6 Å². The third-order valence-corrected chi connectivity index (χ3v) is 3.29. The minimum atomic E-state index is -0.164. The molecule has 1 N–H and O–H groups in total. The average molecular weight is 252 g/mol. The van der Waals surface area contributed by atoms with Gasteiger partial charge in [-0.15, -0.1) is 0 Å². The summed E-state index contributed by atoms with van der Waals surface area (Å²) < 4.78 is 12.8. The Labute approximate surface area is 110 Å². The summed E-state index contributed by atoms with van der Waals surface area (Å²) in [6.07, 6.45) is 3.68. The van der Waals surface area contributed by atoms with E-state index in [1.54, 1.807) is 0 Å². The van der Waals surface area contributed by atoms with Crippen LogP contribution in [0.2, 0.25) is 0 Å². The zero-order valence-corrected chi connectivity index (χ0v) is 11.7. The average Bonchev–Trinajstić information content (AvgIpc) is 2.37. The highest BCUT2D eigenvalue weighted by Crippen LogP contribution is 2.07. The summed E-state index contributed by atoms with van der Waals surface area (Å²) in [7, 11) is 4.12. The van der Waals surface area contributed by atoms with E-state index in [0.29, 0.717) is 6.04 Å². The first kappa shape index (κ1) is 15.1. The second kappa shape index (κ2) is 8.22. The van der Waals surface area contributed by atoms with Gasteiger partial charge in [-0.2, -0.15) is 0 Å². The van der Waals surface area contributed by atoms with E-state index >= 15 is 0 Å². The first-order chi connectivity index (χ1) is 8.61. The van der Waals surface area contributed by atoms with Crippen molar-refractivity contribution in [1.82, 2.24) is 10.2 Å². The summed E-state index contributed by atoms with van der Waals surface area (Å²) in [5.74, 6) is -0.164. The van der Waals surface area contributed by atoms with Crippen molar-refractivity contribution < 1.29 is 4.39 Å².